The maximum absolute atomic E-state index is 16.3. The zero-order valence-electron chi connectivity index (χ0n) is 70.4. The van der Waals surface area contributed by atoms with Gasteiger partial charge in [-0.05, 0) is 264 Å². The Hall–Kier alpha value is -15.1. The van der Waals surface area contributed by atoms with E-state index in [2.05, 4.69) is 452 Å². The van der Waals surface area contributed by atoms with Gasteiger partial charge in [-0.1, -0.05) is 324 Å². The third-order valence-electron chi connectivity index (χ3n) is 27.4. The third-order valence-corrected chi connectivity index (χ3v) is 37.1. The smallest absolute Gasteiger partial charge is 0.252 e. The molecule has 0 bridgehead atoms. The fourth-order valence-corrected chi connectivity index (χ4v) is 32.5. The van der Waals surface area contributed by atoms with Crippen molar-refractivity contribution in [2.75, 3.05) is 24.5 Å². The summed E-state index contributed by atoms with van der Waals surface area (Å²) >= 11 is 0. The van der Waals surface area contributed by atoms with Crippen molar-refractivity contribution < 1.29 is 8.78 Å². The van der Waals surface area contributed by atoms with Crippen molar-refractivity contribution in [1.29, 1.82) is 0 Å². The summed E-state index contributed by atoms with van der Waals surface area (Å²) in [4.78, 5) is 12.0. The van der Waals surface area contributed by atoms with Gasteiger partial charge in [-0.3, -0.25) is 0 Å². The highest BCUT2D eigenvalue weighted by Gasteiger charge is 2.55. The number of para-hydroxylation sites is 4. The molecule has 0 aromatic heterocycles. The molecule has 0 atom stereocenters. The highest BCUT2D eigenvalue weighted by molar-refractivity contribution is 7.23. The van der Waals surface area contributed by atoms with E-state index in [1.807, 2.05) is 18.2 Å². The average Bonchev–Trinajstić information content (AvgIpc) is 1.67. The normalized spacial score (nSPS) is 13.9. The van der Waals surface area contributed by atoms with E-state index in [1.165, 1.54) is 131 Å². The van der Waals surface area contributed by atoms with E-state index in [4.69, 9.17) is 0 Å². The maximum Gasteiger partial charge on any atom is 0.252 e. The molecule has 6 heterocycles. The van der Waals surface area contributed by atoms with Crippen LogP contribution in [0.3, 0.4) is 0 Å². The average molecular weight is 1660 g/mol. The molecule has 600 valence electrons. The number of nitrogens with zero attached hydrogens (tertiary/aromatic N) is 5. The van der Waals surface area contributed by atoms with Crippen LogP contribution < -0.4 is 98.8 Å². The topological polar surface area (TPSA) is 16.2 Å². The number of rotatable bonds is 11. The summed E-state index contributed by atoms with van der Waals surface area (Å²) in [6.45, 7) is 6.36. The van der Waals surface area contributed by atoms with Gasteiger partial charge < -0.3 is 24.5 Å². The highest BCUT2D eigenvalue weighted by atomic mass is 28.3. The van der Waals surface area contributed by atoms with Crippen molar-refractivity contribution in [3.8, 4) is 22.3 Å². The molecule has 0 aliphatic carbocycles. The molecule has 0 spiro atoms. The minimum atomic E-state index is -2.95. The second kappa shape index (κ2) is 29.8. The lowest BCUT2D eigenvalue weighted by Gasteiger charge is -2.45. The zero-order chi connectivity index (χ0) is 84.8. The lowest BCUT2D eigenvalue weighted by atomic mass is 9.33. The number of hydrogen-bond donors (Lipinski definition) is 0. The summed E-state index contributed by atoms with van der Waals surface area (Å²) in [5.41, 5.74) is 29.2. The number of benzene rings is 19. The van der Waals surface area contributed by atoms with Gasteiger partial charge in [-0.15, -0.1) is 0 Å². The van der Waals surface area contributed by atoms with Crippen LogP contribution in [0.1, 0.15) is 26.3 Å². The second-order valence-electron chi connectivity index (χ2n) is 35.2. The number of anilines is 15. The fourth-order valence-electron chi connectivity index (χ4n) is 22.1. The van der Waals surface area contributed by atoms with E-state index in [0.717, 1.165) is 78.9 Å². The molecular formula is C116H83B2F2N5Si2. The number of hydrogen-bond acceptors (Lipinski definition) is 5. The first kappa shape index (κ1) is 75.6. The molecule has 0 radical (unpaired) electrons. The van der Waals surface area contributed by atoms with Gasteiger partial charge in [0, 0.05) is 79.6 Å². The molecular weight excluding hydrogens is 1580 g/mol. The van der Waals surface area contributed by atoms with Crippen molar-refractivity contribution in [2.24, 2.45) is 0 Å². The molecule has 0 N–H and O–H groups in total. The Morgan fingerprint density at radius 2 is 0.583 bits per heavy atom. The lowest BCUT2D eigenvalue weighted by molar-refractivity contribution is 0.590. The third kappa shape index (κ3) is 11.7. The van der Waals surface area contributed by atoms with Gasteiger partial charge in [0.05, 0.1) is 5.69 Å². The Labute approximate surface area is 742 Å². The second-order valence-corrected chi connectivity index (χ2v) is 42.7. The first-order chi connectivity index (χ1) is 62.5. The standard InChI is InChI=1S/C64H48BF2N3Si.C52H35BN2Si/c1-64(2,3)43-28-33-48(34-29-43)68(46-18-8-4-9-19-46)50-39-59-63-60(40-50)70(47-20-10-5-11-21-47)58-41-54-53-26-16-17-27-61(53)71(51-22-12-6-13-23-51,52-24-14-7-15-25-52)62(54)42-56(58)65(63)55-38-45(67)32-37-57(55)69(59)49-35-30-44(66)31-36-49;1-5-20-38(21-6-1)54-46-29-17-30-47-52(46)53(44-32-36-18-13-14-19-37(36)33-48(44)54)45-35-51-43(34-49(45)55(47)39-22-7-2-8-23-39)42-28-15-16-31-50(42)56(51,40-24-9-3-10-25-40)41-26-11-4-12-27-41/h4-42H,1-3H3;1-35H. The minimum absolute atomic E-state index is 0.0167. The molecule has 6 aliphatic rings. The molecule has 0 fully saturated rings. The quantitative estimate of drug-likeness (QED) is 0.120. The molecule has 0 saturated heterocycles. The first-order valence-corrected chi connectivity index (χ1v) is 48.0. The van der Waals surface area contributed by atoms with E-state index in [0.29, 0.717) is 0 Å². The summed E-state index contributed by atoms with van der Waals surface area (Å²) < 4.78 is 31.3. The van der Waals surface area contributed by atoms with E-state index in [-0.39, 0.29) is 30.5 Å². The molecule has 127 heavy (non-hydrogen) atoms. The Bertz CT molecular complexity index is 7460. The van der Waals surface area contributed by atoms with Crippen molar-refractivity contribution in [3.63, 3.8) is 0 Å². The zero-order valence-corrected chi connectivity index (χ0v) is 72.4. The summed E-state index contributed by atoms with van der Waals surface area (Å²) in [5.74, 6) is -0.632. The lowest BCUT2D eigenvalue weighted by Crippen LogP contribution is -2.73. The van der Waals surface area contributed by atoms with Crippen LogP contribution in [-0.4, -0.2) is 29.6 Å². The highest BCUT2D eigenvalue weighted by Crippen LogP contribution is 2.51. The molecule has 19 aromatic rings. The number of fused-ring (bicyclic) bond motifs is 15. The van der Waals surface area contributed by atoms with Gasteiger partial charge in [0.15, 0.2) is 16.1 Å². The van der Waals surface area contributed by atoms with E-state index < -0.39 is 16.1 Å². The Balaban J connectivity index is 0.000000146. The first-order valence-electron chi connectivity index (χ1n) is 44.0. The van der Waals surface area contributed by atoms with Crippen LogP contribution in [0.2, 0.25) is 0 Å². The van der Waals surface area contributed by atoms with Gasteiger partial charge in [0.25, 0.3) is 13.4 Å². The molecule has 6 aliphatic heterocycles. The maximum atomic E-state index is 16.3. The van der Waals surface area contributed by atoms with Gasteiger partial charge in [-0.25, -0.2) is 8.78 Å². The van der Waals surface area contributed by atoms with Gasteiger partial charge in [-0.2, -0.15) is 0 Å². The number of halogens is 2. The van der Waals surface area contributed by atoms with Crippen LogP contribution in [0.4, 0.5) is 94.1 Å². The SMILES string of the molecule is CC(C)(C)c1ccc(N(c2ccccc2)c2cc3c4c(c2)N(c2ccccc2)c2cc5c(cc2B4c2cc(F)ccc2N3c2ccc(F)cc2)[Si](c2ccccc2)(c2ccccc2)c2ccccc2-5)cc1.c1ccc(N2c3cc4c(cc3B3c5cc6ccccc6cc5N(c5ccccc5)c5cccc2c53)[Si](c2ccccc2)(c2ccccc2)c2ccccc2-4)cc1. The monoisotopic (exact) mass is 1660 g/mol. The molecule has 0 amide bonds. The molecule has 0 unspecified atom stereocenters. The van der Waals surface area contributed by atoms with E-state index in [9.17, 15) is 4.39 Å². The van der Waals surface area contributed by atoms with Crippen molar-refractivity contribution in [3.05, 3.63) is 466 Å². The van der Waals surface area contributed by atoms with Crippen molar-refractivity contribution in [1.82, 2.24) is 0 Å². The summed E-state index contributed by atoms with van der Waals surface area (Å²) in [6.07, 6.45) is 0. The van der Waals surface area contributed by atoms with E-state index >= 15 is 4.39 Å². The van der Waals surface area contributed by atoms with Crippen LogP contribution in [0, 0.1) is 11.6 Å². The minimum Gasteiger partial charge on any atom is -0.311 e. The van der Waals surface area contributed by atoms with Gasteiger partial charge in [0.1, 0.15) is 11.6 Å². The molecule has 5 nitrogen and oxygen atoms in total. The summed E-state index contributed by atoms with van der Waals surface area (Å²) in [5, 5.41) is 13.6. The van der Waals surface area contributed by atoms with Crippen LogP contribution in [-0.2, 0) is 5.41 Å². The summed E-state index contributed by atoms with van der Waals surface area (Å²) in [6, 6.07) is 162. The van der Waals surface area contributed by atoms with Crippen LogP contribution in [0.15, 0.2) is 449 Å². The van der Waals surface area contributed by atoms with Crippen LogP contribution >= 0.6 is 0 Å². The van der Waals surface area contributed by atoms with Crippen LogP contribution in [0.25, 0.3) is 33.0 Å². The van der Waals surface area contributed by atoms with Crippen molar-refractivity contribution in [2.45, 2.75) is 26.2 Å². The Kier molecular flexibility index (Phi) is 17.7. The van der Waals surface area contributed by atoms with Crippen LogP contribution in [0.5, 0.6) is 0 Å². The largest absolute Gasteiger partial charge is 0.311 e. The molecule has 25 rings (SSSR count). The Morgan fingerprint density at radius 3 is 1.04 bits per heavy atom. The summed E-state index contributed by atoms with van der Waals surface area (Å²) in [7, 11) is -5.70. The van der Waals surface area contributed by atoms with E-state index in [1.54, 1.807) is 12.1 Å². The predicted molar refractivity (Wildman–Crippen MR) is 537 cm³/mol. The predicted octanol–water partition coefficient (Wildman–Crippen LogP) is 20.5. The van der Waals surface area contributed by atoms with Gasteiger partial charge in [0.2, 0.25) is 0 Å². The molecule has 0 saturated carbocycles. The molecule has 19 aromatic carbocycles. The molecule has 11 heteroatoms. The Morgan fingerprint density at radius 1 is 0.236 bits per heavy atom. The van der Waals surface area contributed by atoms with Gasteiger partial charge >= 0.3 is 0 Å². The van der Waals surface area contributed by atoms with Crippen molar-refractivity contribution >= 4 is 200 Å². The fraction of sp³-hybridized carbons (Fsp3) is 0.0345.